The number of carboxylic acid groups (broad SMARTS) is 1. The molecule has 142 valence electrons. The van der Waals surface area contributed by atoms with Gasteiger partial charge in [0.15, 0.2) is 0 Å². The van der Waals surface area contributed by atoms with Gasteiger partial charge in [-0.2, -0.15) is 0 Å². The van der Waals surface area contributed by atoms with Gasteiger partial charge >= 0.3 is 6.09 Å². The van der Waals surface area contributed by atoms with Crippen LogP contribution < -0.4 is 5.32 Å². The molecule has 0 bridgehead atoms. The number of nitrogens with zero attached hydrogens (tertiary/aromatic N) is 2. The van der Waals surface area contributed by atoms with Crippen molar-refractivity contribution in [2.45, 2.75) is 26.2 Å². The molecule has 2 amide bonds. The Morgan fingerprint density at radius 2 is 1.93 bits per heavy atom. The second-order valence-electron chi connectivity index (χ2n) is 7.61. The molecular formula is C20H23N3O3S. The molecule has 3 rings (SSSR count). The quantitative estimate of drug-likeness (QED) is 0.709. The van der Waals surface area contributed by atoms with Crippen molar-refractivity contribution in [1.82, 2.24) is 15.2 Å². The zero-order valence-electron chi connectivity index (χ0n) is 15.9. The fourth-order valence-electron chi connectivity index (χ4n) is 2.73. The number of hydrogen-bond donors (Lipinski definition) is 2. The van der Waals surface area contributed by atoms with Crippen LogP contribution in [0, 0.1) is 0 Å². The molecule has 2 heterocycles. The van der Waals surface area contributed by atoms with E-state index in [2.05, 4.69) is 49.3 Å². The number of nitrogens with one attached hydrogen (secondary N) is 1. The standard InChI is InChI=1S/C20H23N3O3S/c1-20(2,3)14-5-6-15-12(10-14)9-13-11-16(27-18(13)22-15)17(24)21-7-8-23(4)19(25)26/h5-6,9-11H,7-8H2,1-4H3,(H,21,24)(H,25,26). The van der Waals surface area contributed by atoms with Gasteiger partial charge in [-0.1, -0.05) is 26.8 Å². The molecule has 0 radical (unpaired) electrons. The van der Waals surface area contributed by atoms with Crippen molar-refractivity contribution in [1.29, 1.82) is 0 Å². The molecule has 2 aromatic heterocycles. The first kappa shape index (κ1) is 19.1. The van der Waals surface area contributed by atoms with E-state index in [1.807, 2.05) is 12.1 Å². The van der Waals surface area contributed by atoms with E-state index in [0.29, 0.717) is 4.88 Å². The van der Waals surface area contributed by atoms with Gasteiger partial charge in [-0.05, 0) is 35.2 Å². The highest BCUT2D eigenvalue weighted by Crippen LogP contribution is 2.30. The van der Waals surface area contributed by atoms with E-state index in [1.165, 1.54) is 23.9 Å². The van der Waals surface area contributed by atoms with E-state index < -0.39 is 6.09 Å². The minimum Gasteiger partial charge on any atom is -0.465 e. The number of carbonyl (C=O) groups excluding carboxylic acids is 1. The summed E-state index contributed by atoms with van der Waals surface area (Å²) < 4.78 is 0. The molecule has 0 fully saturated rings. The summed E-state index contributed by atoms with van der Waals surface area (Å²) in [6, 6.07) is 10.2. The van der Waals surface area contributed by atoms with Crippen molar-refractivity contribution in [2.75, 3.05) is 20.1 Å². The summed E-state index contributed by atoms with van der Waals surface area (Å²) in [5, 5.41) is 13.6. The molecule has 0 aliphatic carbocycles. The maximum Gasteiger partial charge on any atom is 0.407 e. The predicted octanol–water partition coefficient (Wildman–Crippen LogP) is 4.09. The zero-order valence-corrected chi connectivity index (χ0v) is 16.7. The van der Waals surface area contributed by atoms with Crippen LogP contribution in [0.1, 0.15) is 36.0 Å². The number of fused-ring (bicyclic) bond motifs is 2. The summed E-state index contributed by atoms with van der Waals surface area (Å²) in [4.78, 5) is 30.3. The van der Waals surface area contributed by atoms with Gasteiger partial charge in [0.1, 0.15) is 4.83 Å². The lowest BCUT2D eigenvalue weighted by molar-refractivity contribution is 0.0951. The van der Waals surface area contributed by atoms with E-state index in [4.69, 9.17) is 5.11 Å². The molecule has 0 saturated heterocycles. The van der Waals surface area contributed by atoms with Crippen LogP contribution in [0.3, 0.4) is 0 Å². The Balaban J connectivity index is 1.83. The number of amides is 2. The Morgan fingerprint density at radius 1 is 1.19 bits per heavy atom. The largest absolute Gasteiger partial charge is 0.465 e. The predicted molar refractivity (Wildman–Crippen MR) is 109 cm³/mol. The molecule has 0 saturated carbocycles. The molecule has 7 heteroatoms. The Hall–Kier alpha value is -2.67. The summed E-state index contributed by atoms with van der Waals surface area (Å²) in [6.07, 6.45) is -1.02. The molecule has 1 aromatic carbocycles. The van der Waals surface area contributed by atoms with Gasteiger partial charge in [-0.25, -0.2) is 9.78 Å². The number of thiophene rings is 1. The molecule has 6 nitrogen and oxygen atoms in total. The second-order valence-corrected chi connectivity index (χ2v) is 8.64. The smallest absolute Gasteiger partial charge is 0.407 e. The van der Waals surface area contributed by atoms with Crippen LogP contribution in [-0.4, -0.2) is 47.1 Å². The number of aromatic nitrogens is 1. The summed E-state index contributed by atoms with van der Waals surface area (Å²) in [5.74, 6) is -0.212. The van der Waals surface area contributed by atoms with Gasteiger partial charge < -0.3 is 15.3 Å². The number of pyridine rings is 1. The Bertz CT molecular complexity index is 1020. The lowest BCUT2D eigenvalue weighted by Gasteiger charge is -2.19. The van der Waals surface area contributed by atoms with Crippen molar-refractivity contribution in [3.8, 4) is 0 Å². The van der Waals surface area contributed by atoms with E-state index in [9.17, 15) is 9.59 Å². The summed E-state index contributed by atoms with van der Waals surface area (Å²) in [5.41, 5.74) is 2.21. The molecule has 0 unspecified atom stereocenters. The highest BCUT2D eigenvalue weighted by molar-refractivity contribution is 7.20. The third kappa shape index (κ3) is 4.19. The highest BCUT2D eigenvalue weighted by Gasteiger charge is 2.16. The monoisotopic (exact) mass is 385 g/mol. The topological polar surface area (TPSA) is 82.5 Å². The molecule has 0 aliphatic heterocycles. The van der Waals surface area contributed by atoms with Crippen molar-refractivity contribution in [3.63, 3.8) is 0 Å². The van der Waals surface area contributed by atoms with Crippen LogP contribution in [0.4, 0.5) is 4.79 Å². The van der Waals surface area contributed by atoms with Crippen LogP contribution in [0.2, 0.25) is 0 Å². The fraction of sp³-hybridized carbons (Fsp3) is 0.350. The number of likely N-dealkylation sites (N-methyl/N-ethyl adjacent to an activating group) is 1. The van der Waals surface area contributed by atoms with Gasteiger partial charge in [0.2, 0.25) is 0 Å². The van der Waals surface area contributed by atoms with Crippen LogP contribution in [0.25, 0.3) is 21.1 Å². The third-order valence-electron chi connectivity index (χ3n) is 4.45. The molecule has 2 N–H and O–H groups in total. The summed E-state index contributed by atoms with van der Waals surface area (Å²) >= 11 is 1.34. The minimum absolute atomic E-state index is 0.0615. The maximum atomic E-state index is 12.4. The fourth-order valence-corrected chi connectivity index (χ4v) is 3.67. The SMILES string of the molecule is CN(CCNC(=O)c1cc2cc3cc(C(C)(C)C)ccc3nc2s1)C(=O)O. The van der Waals surface area contributed by atoms with E-state index in [-0.39, 0.29) is 24.4 Å². The van der Waals surface area contributed by atoms with Gasteiger partial charge in [0.25, 0.3) is 5.91 Å². The normalized spacial score (nSPS) is 11.7. The zero-order chi connectivity index (χ0) is 19.8. The first-order valence-corrected chi connectivity index (χ1v) is 9.54. The van der Waals surface area contributed by atoms with E-state index >= 15 is 0 Å². The van der Waals surface area contributed by atoms with Gasteiger partial charge in [-0.15, -0.1) is 11.3 Å². The Labute approximate surface area is 161 Å². The van der Waals surface area contributed by atoms with E-state index in [1.54, 1.807) is 0 Å². The molecule has 27 heavy (non-hydrogen) atoms. The number of carbonyl (C=O) groups is 2. The van der Waals surface area contributed by atoms with E-state index in [0.717, 1.165) is 26.0 Å². The van der Waals surface area contributed by atoms with Crippen molar-refractivity contribution in [2.24, 2.45) is 0 Å². The van der Waals surface area contributed by atoms with Gasteiger partial charge in [0.05, 0.1) is 10.4 Å². The molecule has 0 aliphatic rings. The molecule has 0 spiro atoms. The molecule has 0 atom stereocenters. The lowest BCUT2D eigenvalue weighted by atomic mass is 9.86. The number of hydrogen-bond acceptors (Lipinski definition) is 4. The first-order valence-electron chi connectivity index (χ1n) is 8.72. The van der Waals surface area contributed by atoms with Crippen LogP contribution in [-0.2, 0) is 5.41 Å². The van der Waals surface area contributed by atoms with Crippen molar-refractivity contribution in [3.05, 3.63) is 40.8 Å². The average molecular weight is 385 g/mol. The third-order valence-corrected chi connectivity index (χ3v) is 5.49. The van der Waals surface area contributed by atoms with Crippen molar-refractivity contribution >= 4 is 44.5 Å². The molecular weight excluding hydrogens is 362 g/mol. The van der Waals surface area contributed by atoms with Gasteiger partial charge in [0, 0.05) is 30.9 Å². The van der Waals surface area contributed by atoms with Gasteiger partial charge in [-0.3, -0.25) is 4.79 Å². The Kier molecular flexibility index (Phi) is 5.06. The van der Waals surface area contributed by atoms with Crippen LogP contribution in [0.15, 0.2) is 30.3 Å². The summed E-state index contributed by atoms with van der Waals surface area (Å²) in [6.45, 7) is 7.03. The minimum atomic E-state index is -1.02. The molecule has 3 aromatic rings. The van der Waals surface area contributed by atoms with Crippen LogP contribution >= 0.6 is 11.3 Å². The first-order chi connectivity index (χ1) is 12.6. The highest BCUT2D eigenvalue weighted by atomic mass is 32.1. The van der Waals surface area contributed by atoms with Crippen molar-refractivity contribution < 1.29 is 14.7 Å². The number of benzene rings is 1. The second kappa shape index (κ2) is 7.15. The number of rotatable bonds is 4. The maximum absolute atomic E-state index is 12.4. The Morgan fingerprint density at radius 3 is 2.59 bits per heavy atom. The van der Waals surface area contributed by atoms with Crippen LogP contribution in [0.5, 0.6) is 0 Å². The average Bonchev–Trinajstić information content (AvgIpc) is 3.00. The summed E-state index contributed by atoms with van der Waals surface area (Å²) in [7, 11) is 1.47. The lowest BCUT2D eigenvalue weighted by Crippen LogP contribution is -2.35.